The minimum atomic E-state index is 0.0376. The molecule has 2 aliphatic rings. The summed E-state index contributed by atoms with van der Waals surface area (Å²) in [5.74, 6) is 1.69. The Bertz CT molecular complexity index is 1060. The van der Waals surface area contributed by atoms with E-state index < -0.39 is 0 Å². The van der Waals surface area contributed by atoms with E-state index >= 15 is 0 Å². The molecule has 3 aromatic rings. The zero-order valence-electron chi connectivity index (χ0n) is 16.8. The van der Waals surface area contributed by atoms with Gasteiger partial charge in [0.15, 0.2) is 11.5 Å². The number of carbonyl (C=O) groups excluding carboxylic acids is 1. The molecule has 0 aliphatic carbocycles. The van der Waals surface area contributed by atoms with Gasteiger partial charge in [-0.25, -0.2) is 0 Å². The van der Waals surface area contributed by atoms with Crippen LogP contribution < -0.4 is 14.8 Å². The van der Waals surface area contributed by atoms with Crippen molar-refractivity contribution in [1.82, 2.24) is 9.80 Å². The van der Waals surface area contributed by atoms with Gasteiger partial charge in [-0.2, -0.15) is 0 Å². The van der Waals surface area contributed by atoms with Crippen LogP contribution >= 0.6 is 0 Å². The van der Waals surface area contributed by atoms with Gasteiger partial charge in [0.2, 0.25) is 12.7 Å². The topological polar surface area (TPSA) is 54.0 Å². The number of carbonyl (C=O) groups is 1. The lowest BCUT2D eigenvalue weighted by molar-refractivity contribution is -0.117. The summed E-state index contributed by atoms with van der Waals surface area (Å²) in [6.45, 7) is 5.25. The van der Waals surface area contributed by atoms with Crippen molar-refractivity contribution in [3.8, 4) is 11.5 Å². The Labute approximate surface area is 176 Å². The zero-order chi connectivity index (χ0) is 20.3. The van der Waals surface area contributed by atoms with Crippen LogP contribution in [0.25, 0.3) is 10.8 Å². The average molecular weight is 403 g/mol. The number of fused-ring (bicyclic) bond motifs is 2. The number of piperazine rings is 1. The molecular formula is C24H25N3O3. The lowest BCUT2D eigenvalue weighted by atomic mass is 10.1. The van der Waals surface area contributed by atoms with Crippen LogP contribution in [0.4, 0.5) is 5.69 Å². The molecule has 0 bridgehead atoms. The van der Waals surface area contributed by atoms with Crippen molar-refractivity contribution >= 4 is 22.4 Å². The fourth-order valence-corrected chi connectivity index (χ4v) is 4.13. The van der Waals surface area contributed by atoms with Crippen LogP contribution in [-0.2, 0) is 11.3 Å². The maximum atomic E-state index is 12.6. The standard InChI is InChI=1S/C24H25N3O3/c28-24(25-21-7-3-5-19-4-1-2-6-20(19)21)16-27-12-10-26(11-13-27)15-18-8-9-22-23(14-18)30-17-29-22/h1-9,14H,10-13,15-17H2,(H,25,28). The van der Waals surface area contributed by atoms with E-state index in [9.17, 15) is 4.79 Å². The van der Waals surface area contributed by atoms with Crippen molar-refractivity contribution < 1.29 is 14.3 Å². The molecule has 6 heteroatoms. The molecule has 154 valence electrons. The predicted molar refractivity (Wildman–Crippen MR) is 117 cm³/mol. The molecule has 1 N–H and O–H groups in total. The number of hydrogen-bond donors (Lipinski definition) is 1. The second-order valence-electron chi connectivity index (χ2n) is 7.81. The fourth-order valence-electron chi connectivity index (χ4n) is 4.13. The van der Waals surface area contributed by atoms with Crippen molar-refractivity contribution in [3.63, 3.8) is 0 Å². The fraction of sp³-hybridized carbons (Fsp3) is 0.292. The number of nitrogens with zero attached hydrogens (tertiary/aromatic N) is 2. The van der Waals surface area contributed by atoms with Crippen LogP contribution in [0.1, 0.15) is 5.56 Å². The van der Waals surface area contributed by atoms with Gasteiger partial charge >= 0.3 is 0 Å². The maximum Gasteiger partial charge on any atom is 0.238 e. The summed E-state index contributed by atoms with van der Waals surface area (Å²) in [5.41, 5.74) is 2.10. The lowest BCUT2D eigenvalue weighted by Gasteiger charge is -2.34. The number of hydrogen-bond acceptors (Lipinski definition) is 5. The highest BCUT2D eigenvalue weighted by Gasteiger charge is 2.20. The normalized spacial score (nSPS) is 16.7. The van der Waals surface area contributed by atoms with Gasteiger partial charge in [-0.1, -0.05) is 42.5 Å². The number of ether oxygens (including phenoxy) is 2. The van der Waals surface area contributed by atoms with Gasteiger partial charge in [0.05, 0.1) is 6.54 Å². The van der Waals surface area contributed by atoms with E-state index in [1.807, 2.05) is 36.4 Å². The first-order valence-electron chi connectivity index (χ1n) is 10.4. The molecule has 0 aromatic heterocycles. The first kappa shape index (κ1) is 18.9. The lowest BCUT2D eigenvalue weighted by Crippen LogP contribution is -2.48. The van der Waals surface area contributed by atoms with E-state index in [1.54, 1.807) is 0 Å². The molecule has 0 atom stereocenters. The van der Waals surface area contributed by atoms with Crippen LogP contribution in [0, 0.1) is 0 Å². The maximum absolute atomic E-state index is 12.6. The van der Waals surface area contributed by atoms with Crippen LogP contribution in [0.15, 0.2) is 60.7 Å². The third-order valence-corrected chi connectivity index (χ3v) is 5.74. The van der Waals surface area contributed by atoms with E-state index in [-0.39, 0.29) is 5.91 Å². The van der Waals surface area contributed by atoms with Crippen molar-refractivity contribution in [1.29, 1.82) is 0 Å². The second kappa shape index (κ2) is 8.34. The first-order valence-corrected chi connectivity index (χ1v) is 10.4. The molecule has 0 spiro atoms. The first-order chi connectivity index (χ1) is 14.7. The molecule has 6 nitrogen and oxygen atoms in total. The summed E-state index contributed by atoms with van der Waals surface area (Å²) >= 11 is 0. The summed E-state index contributed by atoms with van der Waals surface area (Å²) in [5, 5.41) is 5.29. The molecule has 3 aromatic carbocycles. The molecule has 0 radical (unpaired) electrons. The van der Waals surface area contributed by atoms with Crippen LogP contribution in [0.3, 0.4) is 0 Å². The Kier molecular flexibility index (Phi) is 5.26. The van der Waals surface area contributed by atoms with Crippen molar-refractivity contribution in [2.24, 2.45) is 0 Å². The SMILES string of the molecule is O=C(CN1CCN(Cc2ccc3c(c2)OCO3)CC1)Nc1cccc2ccccc12. The van der Waals surface area contributed by atoms with E-state index in [0.717, 1.165) is 60.7 Å². The predicted octanol–water partition coefficient (Wildman–Crippen LogP) is 3.32. The molecule has 30 heavy (non-hydrogen) atoms. The summed E-state index contributed by atoms with van der Waals surface area (Å²) in [4.78, 5) is 17.2. The Morgan fingerprint density at radius 1 is 0.867 bits per heavy atom. The molecule has 2 heterocycles. The molecule has 1 fully saturated rings. The largest absolute Gasteiger partial charge is 0.454 e. The number of benzene rings is 3. The van der Waals surface area contributed by atoms with Gasteiger partial charge in [0.25, 0.3) is 0 Å². The molecule has 5 rings (SSSR count). The highest BCUT2D eigenvalue weighted by Crippen LogP contribution is 2.32. The van der Waals surface area contributed by atoms with Crippen LogP contribution in [-0.4, -0.2) is 55.2 Å². The van der Waals surface area contributed by atoms with Gasteiger partial charge < -0.3 is 14.8 Å². The van der Waals surface area contributed by atoms with E-state index in [2.05, 4.69) is 39.4 Å². The summed E-state index contributed by atoms with van der Waals surface area (Å²) < 4.78 is 10.9. The quantitative estimate of drug-likeness (QED) is 0.708. The summed E-state index contributed by atoms with van der Waals surface area (Å²) in [6.07, 6.45) is 0. The molecule has 2 aliphatic heterocycles. The van der Waals surface area contributed by atoms with Gasteiger partial charge in [-0.3, -0.25) is 14.6 Å². The highest BCUT2D eigenvalue weighted by molar-refractivity contribution is 6.02. The Morgan fingerprint density at radius 2 is 1.63 bits per heavy atom. The van der Waals surface area contributed by atoms with E-state index in [1.165, 1.54) is 5.56 Å². The minimum absolute atomic E-state index is 0.0376. The summed E-state index contributed by atoms with van der Waals surface area (Å²) in [7, 11) is 0. The van der Waals surface area contributed by atoms with Gasteiger partial charge in [-0.05, 0) is 29.1 Å². The molecule has 0 saturated carbocycles. The van der Waals surface area contributed by atoms with E-state index in [0.29, 0.717) is 13.3 Å². The van der Waals surface area contributed by atoms with Gasteiger partial charge in [0, 0.05) is 43.8 Å². The zero-order valence-corrected chi connectivity index (χ0v) is 16.8. The molecular weight excluding hydrogens is 378 g/mol. The Hall–Kier alpha value is -3.09. The highest BCUT2D eigenvalue weighted by atomic mass is 16.7. The van der Waals surface area contributed by atoms with Crippen molar-refractivity contribution in [2.75, 3.05) is 44.8 Å². The average Bonchev–Trinajstić information content (AvgIpc) is 3.23. The number of amides is 1. The third-order valence-electron chi connectivity index (χ3n) is 5.74. The number of nitrogens with one attached hydrogen (secondary N) is 1. The third kappa shape index (κ3) is 4.10. The van der Waals surface area contributed by atoms with E-state index in [4.69, 9.17) is 9.47 Å². The summed E-state index contributed by atoms with van der Waals surface area (Å²) in [6, 6.07) is 20.2. The van der Waals surface area contributed by atoms with Crippen molar-refractivity contribution in [3.05, 3.63) is 66.2 Å². The van der Waals surface area contributed by atoms with Crippen LogP contribution in [0.2, 0.25) is 0 Å². The molecule has 1 amide bonds. The van der Waals surface area contributed by atoms with Crippen LogP contribution in [0.5, 0.6) is 11.5 Å². The molecule has 0 unspecified atom stereocenters. The monoisotopic (exact) mass is 403 g/mol. The minimum Gasteiger partial charge on any atom is -0.454 e. The smallest absolute Gasteiger partial charge is 0.238 e. The second-order valence-corrected chi connectivity index (χ2v) is 7.81. The van der Waals surface area contributed by atoms with Crippen molar-refractivity contribution in [2.45, 2.75) is 6.54 Å². The number of rotatable bonds is 5. The Morgan fingerprint density at radius 3 is 2.53 bits per heavy atom. The van der Waals surface area contributed by atoms with Gasteiger partial charge in [-0.15, -0.1) is 0 Å². The number of anilines is 1. The van der Waals surface area contributed by atoms with Gasteiger partial charge in [0.1, 0.15) is 0 Å². The molecule has 1 saturated heterocycles. The Balaban J connectivity index is 1.13.